The molecule has 0 saturated heterocycles. The highest BCUT2D eigenvalue weighted by molar-refractivity contribution is 6.23. The Morgan fingerprint density at radius 2 is 0.842 bits per heavy atom. The lowest BCUT2D eigenvalue weighted by atomic mass is 10.0. The van der Waals surface area contributed by atoms with Crippen molar-refractivity contribution in [2.24, 2.45) is 5.10 Å². The van der Waals surface area contributed by atoms with Gasteiger partial charge in [0.05, 0.1) is 131 Å². The summed E-state index contributed by atoms with van der Waals surface area (Å²) in [5.74, 6) is -9.17. The Kier molecular flexibility index (Phi) is 35.8. The summed E-state index contributed by atoms with van der Waals surface area (Å²) in [5, 5.41) is 51.3. The molecule has 43 heteroatoms. The fourth-order valence-electron chi connectivity index (χ4n) is 11.9. The van der Waals surface area contributed by atoms with Crippen LogP contribution in [0, 0.1) is 18.3 Å². The van der Waals surface area contributed by atoms with E-state index in [1.165, 1.54) is 130 Å². The summed E-state index contributed by atoms with van der Waals surface area (Å²) in [4.78, 5) is 201. The van der Waals surface area contributed by atoms with E-state index >= 15 is 0 Å². The van der Waals surface area contributed by atoms with Crippen LogP contribution in [0.25, 0.3) is 44.4 Å². The van der Waals surface area contributed by atoms with Crippen molar-refractivity contribution in [2.75, 3.05) is 93.6 Å². The van der Waals surface area contributed by atoms with Crippen LogP contribution in [0.3, 0.4) is 0 Å². The average molecular weight is 1830 g/mol. The standard InChI is InChI=1S/C26H22O10.C17H10N2O6.C14H14N2O5.C13H12N2O5.C10H9NO5.C9H8O4.CH2O/c1-31-23(27)21-19(13-35-25(21)29)15-3-7-17(8-4-15)33-11-12-34-18-9-5-16(6-10-18)20-14-36-26(30)22(20)24(28)32-2;20-16(21)8-1-3-12-10(5-8)18-14(24-12)7-15-19-11-6-9(17(22)23)2-4-13(11)25-15;1-8-4-12(17)16(15-8)11-6-9(13(18)20-2)5-10(7-11)14(19)21-3;1-19-12(17)8-3-4-9(13(18)20-2)10(7-8)15-11(16)5-6-14;1-13-9(12)6-3-4-8-7(5-6)11-10(15-8)16-14-2;1-5-2-6(8(10)11)4-7(3-5)9(12)13;1-2/h3-10H,11-14H2,1-2H3;1-6H,7H2,(H,20,21)(H,22,23);5-7H,4H2,1-3H3;3-4,7H,5H2,1-2H3,(H,15,16);3-5H,1-2H3;2-4H,1H3,(H,10,11)(H,12,13);1H2. The number of aryl methyl sites for hydroxylation is 1. The SMILES string of the molecule is C=O.COC(=O)C1=C(c2ccc(OCCOc3ccc(C4=C(C(=O)OC)C(=O)OC4)cc3)cc2)COC1=O.COC(=O)c1cc(C(=O)OC)cc(N2N=C(C)CC2=O)c1.COC(=O)c1ccc(C(=O)OC)c(NC(=O)CC#N)c1.COOc1nc2cc(C(=O)OC)ccc2o1.Cc1cc(C(=O)O)cc(C(=O)O)c1.O=C(O)c1ccc2oc(Cc3nc4cc(C(=O)O)ccc4o3)nc2c1. The summed E-state index contributed by atoms with van der Waals surface area (Å²) < 4.78 is 69.9. The Bertz CT molecular complexity index is 6210. The Balaban J connectivity index is 0.000000202. The van der Waals surface area contributed by atoms with E-state index in [4.69, 9.17) is 62.7 Å². The molecule has 0 radical (unpaired) electrons. The summed E-state index contributed by atoms with van der Waals surface area (Å²) in [5.41, 5.74) is 7.65. The maximum atomic E-state index is 11.9. The average Bonchev–Trinajstić information content (AvgIpc) is 1.73. The minimum absolute atomic E-state index is 0.000713. The molecule has 43 nitrogen and oxygen atoms in total. The number of nitriles is 1. The van der Waals surface area contributed by atoms with Gasteiger partial charge in [0.25, 0.3) is 5.91 Å². The molecule has 3 aliphatic heterocycles. The number of fused-ring (bicyclic) bond motifs is 3. The number of carboxylic acids is 4. The maximum absolute atomic E-state index is 11.9. The van der Waals surface area contributed by atoms with E-state index in [1.54, 1.807) is 98.8 Å². The lowest BCUT2D eigenvalue weighted by Crippen LogP contribution is -2.21. The van der Waals surface area contributed by atoms with Crippen molar-refractivity contribution in [3.8, 4) is 23.6 Å². The number of ether oxygens (including phenoxy) is 11. The third-order valence-electron chi connectivity index (χ3n) is 18.0. The molecule has 688 valence electrons. The number of benzene rings is 8. The molecular formula is C90H77N7O36. The van der Waals surface area contributed by atoms with Crippen molar-refractivity contribution in [1.82, 2.24) is 15.0 Å². The number of amides is 2. The van der Waals surface area contributed by atoms with Crippen LogP contribution in [-0.4, -0.2) is 221 Å². The van der Waals surface area contributed by atoms with Crippen LogP contribution >= 0.6 is 0 Å². The van der Waals surface area contributed by atoms with Crippen LogP contribution < -0.4 is 24.7 Å². The highest BCUT2D eigenvalue weighted by Gasteiger charge is 2.35. The smallest absolute Gasteiger partial charge is 0.427 e. The van der Waals surface area contributed by atoms with Gasteiger partial charge < -0.3 is 95.9 Å². The van der Waals surface area contributed by atoms with Gasteiger partial charge in [0.1, 0.15) is 74.1 Å². The zero-order valence-electron chi connectivity index (χ0n) is 71.7. The molecule has 8 aromatic carbocycles. The first kappa shape index (κ1) is 100. The summed E-state index contributed by atoms with van der Waals surface area (Å²) in [6.07, 6.45) is -0.0210. The molecule has 0 bridgehead atoms. The van der Waals surface area contributed by atoms with Crippen LogP contribution in [0.15, 0.2) is 187 Å². The molecule has 133 heavy (non-hydrogen) atoms. The number of aromatic carboxylic acids is 4. The van der Waals surface area contributed by atoms with Crippen molar-refractivity contribution >= 4 is 158 Å². The van der Waals surface area contributed by atoms with Gasteiger partial charge in [-0.25, -0.2) is 77.3 Å². The third-order valence-corrected chi connectivity index (χ3v) is 18.0. The minimum atomic E-state index is -1.12. The monoisotopic (exact) mass is 1830 g/mol. The Morgan fingerprint density at radius 3 is 1.25 bits per heavy atom. The van der Waals surface area contributed by atoms with Gasteiger partial charge >= 0.3 is 83.7 Å². The number of methoxy groups -OCH3 is 7. The molecule has 0 saturated carbocycles. The number of hydrogen-bond donors (Lipinski definition) is 5. The number of carbonyl (C=O) groups excluding carboxylic acids is 12. The van der Waals surface area contributed by atoms with E-state index in [9.17, 15) is 71.9 Å². The topological polar surface area (TPSA) is 604 Å². The fourth-order valence-corrected chi connectivity index (χ4v) is 11.9. The van der Waals surface area contributed by atoms with Crippen molar-refractivity contribution in [1.29, 1.82) is 5.26 Å². The third kappa shape index (κ3) is 26.7. The van der Waals surface area contributed by atoms with Crippen LogP contribution in [-0.2, 0) is 87.5 Å². The van der Waals surface area contributed by atoms with Crippen LogP contribution in [0.4, 0.5) is 11.4 Å². The summed E-state index contributed by atoms with van der Waals surface area (Å²) in [6.45, 7) is 5.90. The number of hydrazone groups is 1. The highest BCUT2D eigenvalue weighted by atomic mass is 17.2. The van der Waals surface area contributed by atoms with Gasteiger partial charge in [0.2, 0.25) is 17.7 Å². The first-order valence-corrected chi connectivity index (χ1v) is 38.1. The van der Waals surface area contributed by atoms with E-state index in [0.29, 0.717) is 101 Å². The molecule has 0 aliphatic carbocycles. The quantitative estimate of drug-likeness (QED) is 0.00886. The predicted octanol–water partition coefficient (Wildman–Crippen LogP) is 10.3. The normalized spacial score (nSPS) is 12.0. The number of hydrogen-bond acceptors (Lipinski definition) is 37. The number of oxazole rings is 3. The summed E-state index contributed by atoms with van der Waals surface area (Å²) in [7, 11) is 9.94. The molecule has 0 fully saturated rings. The molecule has 3 aliphatic rings. The lowest BCUT2D eigenvalue weighted by Gasteiger charge is -2.14. The van der Waals surface area contributed by atoms with E-state index in [-0.39, 0.29) is 119 Å². The first-order chi connectivity index (χ1) is 63.6. The van der Waals surface area contributed by atoms with Crippen molar-refractivity contribution in [3.63, 3.8) is 0 Å². The molecule has 6 heterocycles. The molecule has 14 rings (SSSR count). The van der Waals surface area contributed by atoms with Gasteiger partial charge in [-0.1, -0.05) is 24.3 Å². The van der Waals surface area contributed by atoms with Gasteiger partial charge in [0, 0.05) is 16.9 Å². The lowest BCUT2D eigenvalue weighted by molar-refractivity contribution is -0.195. The van der Waals surface area contributed by atoms with Gasteiger partial charge in [-0.3, -0.25) is 14.5 Å². The second-order valence-electron chi connectivity index (χ2n) is 26.7. The zero-order valence-corrected chi connectivity index (χ0v) is 71.7. The van der Waals surface area contributed by atoms with Crippen LogP contribution in [0.2, 0.25) is 0 Å². The zero-order chi connectivity index (χ0) is 97.4. The largest absolute Gasteiger partial charge is 0.490 e. The van der Waals surface area contributed by atoms with Crippen molar-refractivity contribution in [3.05, 3.63) is 247 Å². The predicted molar refractivity (Wildman–Crippen MR) is 456 cm³/mol. The van der Waals surface area contributed by atoms with E-state index in [0.717, 1.165) is 11.1 Å². The minimum Gasteiger partial charge on any atom is -0.490 e. The van der Waals surface area contributed by atoms with Gasteiger partial charge in [0.15, 0.2) is 27.9 Å². The second-order valence-corrected chi connectivity index (χ2v) is 26.7. The number of cyclic esters (lactones) is 2. The Labute approximate surface area is 750 Å². The number of carboxylic acid groups (broad SMARTS) is 4. The highest BCUT2D eigenvalue weighted by Crippen LogP contribution is 2.33. The fraction of sp³-hybridized carbons (Fsp3) is 0.189. The van der Waals surface area contributed by atoms with Gasteiger partial charge in [-0.2, -0.15) is 20.2 Å². The van der Waals surface area contributed by atoms with Crippen molar-refractivity contribution < 1.29 is 172 Å². The van der Waals surface area contributed by atoms with E-state index in [1.807, 2.05) is 6.79 Å². The Morgan fingerprint density at radius 1 is 0.451 bits per heavy atom. The Hall–Kier alpha value is -18.1. The molecule has 3 aromatic heterocycles. The number of rotatable bonds is 25. The number of esters is 9. The molecule has 2 amide bonds. The summed E-state index contributed by atoms with van der Waals surface area (Å²) in [6, 6.07) is 41.2. The summed E-state index contributed by atoms with van der Waals surface area (Å²) >= 11 is 0. The maximum Gasteiger partial charge on any atom is 0.427 e. The molecule has 5 N–H and O–H groups in total. The van der Waals surface area contributed by atoms with E-state index in [2.05, 4.69) is 68.3 Å². The van der Waals surface area contributed by atoms with Crippen LogP contribution in [0.1, 0.15) is 141 Å². The number of aromatic nitrogens is 3. The van der Waals surface area contributed by atoms with Crippen molar-refractivity contribution in [2.45, 2.75) is 33.1 Å². The van der Waals surface area contributed by atoms with Gasteiger partial charge in [-0.05, 0) is 164 Å². The van der Waals surface area contributed by atoms with Gasteiger partial charge in [-0.15, -0.1) is 0 Å². The number of carbonyl (C=O) groups is 16. The number of nitrogens with zero attached hydrogens (tertiary/aromatic N) is 6. The number of nitrogens with one attached hydrogen (secondary N) is 1. The second kappa shape index (κ2) is 47.5. The molecular weight excluding hydrogens is 1760 g/mol. The van der Waals surface area contributed by atoms with Crippen LogP contribution in [0.5, 0.6) is 17.6 Å². The molecule has 0 unspecified atom stereocenters. The molecule has 11 aromatic rings. The molecule has 0 spiro atoms. The van der Waals surface area contributed by atoms with E-state index < -0.39 is 83.5 Å². The first-order valence-electron chi connectivity index (χ1n) is 38.1. The molecule has 0 atom stereocenters. The number of anilines is 2.